The summed E-state index contributed by atoms with van der Waals surface area (Å²) in [4.78, 5) is 2.74. The van der Waals surface area contributed by atoms with E-state index in [1.807, 2.05) is 0 Å². The van der Waals surface area contributed by atoms with Gasteiger partial charge in [0, 0.05) is 12.1 Å². The van der Waals surface area contributed by atoms with E-state index in [2.05, 4.69) is 28.9 Å². The molecule has 0 radical (unpaired) electrons. The first-order valence-corrected chi connectivity index (χ1v) is 7.61. The topological polar surface area (TPSA) is 15.3 Å². The van der Waals surface area contributed by atoms with Crippen LogP contribution in [0.2, 0.25) is 0 Å². The molecule has 0 bridgehead atoms. The van der Waals surface area contributed by atoms with Crippen LogP contribution in [0, 0.1) is 0 Å². The second-order valence-electron chi connectivity index (χ2n) is 4.71. The first-order chi connectivity index (χ1) is 7.40. The summed E-state index contributed by atoms with van der Waals surface area (Å²) in [6.45, 7) is 6.00. The minimum Gasteiger partial charge on any atom is -0.314 e. The molecule has 0 atom stereocenters. The molecule has 2 fully saturated rings. The van der Waals surface area contributed by atoms with Crippen molar-refractivity contribution in [2.45, 2.75) is 44.7 Å². The van der Waals surface area contributed by atoms with Crippen molar-refractivity contribution >= 4 is 11.8 Å². The Labute approximate surface area is 98.2 Å². The van der Waals surface area contributed by atoms with Crippen molar-refractivity contribution in [1.29, 1.82) is 0 Å². The summed E-state index contributed by atoms with van der Waals surface area (Å²) in [5.74, 6) is 2.77. The highest BCUT2D eigenvalue weighted by atomic mass is 32.2. The molecular formula is C12H24N2S. The summed E-state index contributed by atoms with van der Waals surface area (Å²) in [6.07, 6.45) is 5.57. The molecule has 0 aromatic rings. The fraction of sp³-hybridized carbons (Fsp3) is 1.00. The highest BCUT2D eigenvalue weighted by Gasteiger charge is 2.25. The van der Waals surface area contributed by atoms with Crippen LogP contribution in [0.25, 0.3) is 0 Å². The van der Waals surface area contributed by atoms with E-state index in [-0.39, 0.29) is 0 Å². The van der Waals surface area contributed by atoms with Gasteiger partial charge in [0.25, 0.3) is 0 Å². The lowest BCUT2D eigenvalue weighted by atomic mass is 10.0. The highest BCUT2D eigenvalue weighted by Crippen LogP contribution is 2.24. The Balaban J connectivity index is 1.72. The monoisotopic (exact) mass is 228 g/mol. The first kappa shape index (κ1) is 11.7. The minimum absolute atomic E-state index is 0.796. The van der Waals surface area contributed by atoms with E-state index in [1.54, 1.807) is 0 Å². The molecule has 0 spiro atoms. The summed E-state index contributed by atoms with van der Waals surface area (Å²) in [7, 11) is 0. The standard InChI is InChI=1S/C12H24N2S/c1-2-13-11-3-7-14(8-4-11)12-5-9-15-10-6-12/h11-13H,2-10H2,1H3. The lowest BCUT2D eigenvalue weighted by Crippen LogP contribution is -2.47. The van der Waals surface area contributed by atoms with Crippen LogP contribution in [-0.4, -0.2) is 48.1 Å². The van der Waals surface area contributed by atoms with E-state index in [0.717, 1.165) is 18.6 Å². The van der Waals surface area contributed by atoms with Crippen LogP contribution in [0.5, 0.6) is 0 Å². The lowest BCUT2D eigenvalue weighted by molar-refractivity contribution is 0.136. The molecule has 2 aliphatic rings. The molecule has 2 rings (SSSR count). The summed E-state index contributed by atoms with van der Waals surface area (Å²) in [5.41, 5.74) is 0. The molecule has 0 aromatic heterocycles. The van der Waals surface area contributed by atoms with Crippen molar-refractivity contribution in [2.24, 2.45) is 0 Å². The van der Waals surface area contributed by atoms with Gasteiger partial charge in [-0.3, -0.25) is 0 Å². The molecule has 2 saturated heterocycles. The molecule has 2 heterocycles. The van der Waals surface area contributed by atoms with Crippen LogP contribution in [0.1, 0.15) is 32.6 Å². The number of hydrogen-bond acceptors (Lipinski definition) is 3. The van der Waals surface area contributed by atoms with Crippen molar-refractivity contribution in [3.63, 3.8) is 0 Å². The third kappa shape index (κ3) is 3.36. The van der Waals surface area contributed by atoms with E-state index in [1.165, 1.54) is 50.3 Å². The first-order valence-electron chi connectivity index (χ1n) is 6.45. The maximum Gasteiger partial charge on any atom is 0.0111 e. The van der Waals surface area contributed by atoms with Gasteiger partial charge in [0.15, 0.2) is 0 Å². The zero-order chi connectivity index (χ0) is 10.5. The van der Waals surface area contributed by atoms with E-state index in [9.17, 15) is 0 Å². The third-order valence-corrected chi connectivity index (χ3v) is 4.78. The van der Waals surface area contributed by atoms with Crippen LogP contribution in [0.3, 0.4) is 0 Å². The molecule has 2 aliphatic heterocycles. The Kier molecular flexibility index (Phi) is 4.79. The van der Waals surface area contributed by atoms with E-state index < -0.39 is 0 Å². The zero-order valence-corrected chi connectivity index (χ0v) is 10.7. The average molecular weight is 228 g/mol. The molecule has 0 amide bonds. The Morgan fingerprint density at radius 3 is 2.40 bits per heavy atom. The molecule has 2 nitrogen and oxygen atoms in total. The predicted octanol–water partition coefficient (Wildman–Crippen LogP) is 1.96. The van der Waals surface area contributed by atoms with Crippen LogP contribution in [-0.2, 0) is 0 Å². The molecule has 0 aliphatic carbocycles. The molecule has 15 heavy (non-hydrogen) atoms. The second-order valence-corrected chi connectivity index (χ2v) is 5.94. The molecule has 1 N–H and O–H groups in total. The van der Waals surface area contributed by atoms with Crippen LogP contribution < -0.4 is 5.32 Å². The lowest BCUT2D eigenvalue weighted by Gasteiger charge is -2.39. The van der Waals surface area contributed by atoms with Crippen LogP contribution in [0.4, 0.5) is 0 Å². The SMILES string of the molecule is CCNC1CCN(C2CCSCC2)CC1. The molecule has 0 aromatic carbocycles. The maximum atomic E-state index is 3.58. The average Bonchev–Trinajstić information content (AvgIpc) is 2.32. The Morgan fingerprint density at radius 2 is 1.80 bits per heavy atom. The van der Waals surface area contributed by atoms with Crippen molar-refractivity contribution < 1.29 is 0 Å². The fourth-order valence-electron chi connectivity index (χ4n) is 2.81. The van der Waals surface area contributed by atoms with Gasteiger partial charge in [0.1, 0.15) is 0 Å². The molecule has 88 valence electrons. The number of likely N-dealkylation sites (tertiary alicyclic amines) is 1. The summed E-state index contributed by atoms with van der Waals surface area (Å²) < 4.78 is 0. The summed E-state index contributed by atoms with van der Waals surface area (Å²) in [5, 5.41) is 3.58. The second kappa shape index (κ2) is 6.12. The van der Waals surface area contributed by atoms with Gasteiger partial charge in [-0.05, 0) is 56.8 Å². The van der Waals surface area contributed by atoms with Gasteiger partial charge in [-0.25, -0.2) is 0 Å². The van der Waals surface area contributed by atoms with Gasteiger partial charge in [-0.2, -0.15) is 11.8 Å². The number of piperidine rings is 1. The van der Waals surface area contributed by atoms with Gasteiger partial charge in [-0.15, -0.1) is 0 Å². The van der Waals surface area contributed by atoms with Crippen LogP contribution >= 0.6 is 11.8 Å². The van der Waals surface area contributed by atoms with E-state index in [4.69, 9.17) is 0 Å². The van der Waals surface area contributed by atoms with Crippen LogP contribution in [0.15, 0.2) is 0 Å². The Hall–Kier alpha value is 0.270. The Bertz CT molecular complexity index is 172. The largest absolute Gasteiger partial charge is 0.314 e. The highest BCUT2D eigenvalue weighted by molar-refractivity contribution is 7.99. The quantitative estimate of drug-likeness (QED) is 0.795. The third-order valence-electron chi connectivity index (χ3n) is 3.73. The van der Waals surface area contributed by atoms with Crippen molar-refractivity contribution in [3.05, 3.63) is 0 Å². The van der Waals surface area contributed by atoms with Gasteiger partial charge >= 0.3 is 0 Å². The van der Waals surface area contributed by atoms with Gasteiger partial charge in [0.2, 0.25) is 0 Å². The zero-order valence-electron chi connectivity index (χ0n) is 9.87. The summed E-state index contributed by atoms with van der Waals surface area (Å²) in [6, 6.07) is 1.71. The molecule has 0 saturated carbocycles. The van der Waals surface area contributed by atoms with E-state index >= 15 is 0 Å². The number of nitrogens with one attached hydrogen (secondary N) is 1. The van der Waals surface area contributed by atoms with Gasteiger partial charge in [0.05, 0.1) is 0 Å². The van der Waals surface area contributed by atoms with Gasteiger partial charge < -0.3 is 10.2 Å². The number of rotatable bonds is 3. The van der Waals surface area contributed by atoms with Crippen molar-refractivity contribution in [1.82, 2.24) is 10.2 Å². The number of nitrogens with zero attached hydrogens (tertiary/aromatic N) is 1. The number of hydrogen-bond donors (Lipinski definition) is 1. The molecule has 0 unspecified atom stereocenters. The Morgan fingerprint density at radius 1 is 1.13 bits per heavy atom. The fourth-order valence-corrected chi connectivity index (χ4v) is 3.89. The predicted molar refractivity (Wildman–Crippen MR) is 68.6 cm³/mol. The van der Waals surface area contributed by atoms with E-state index in [0.29, 0.717) is 0 Å². The summed E-state index contributed by atoms with van der Waals surface area (Å²) >= 11 is 2.13. The van der Waals surface area contributed by atoms with Crippen molar-refractivity contribution in [2.75, 3.05) is 31.1 Å². The smallest absolute Gasteiger partial charge is 0.0111 e. The minimum atomic E-state index is 0.796. The molecule has 3 heteroatoms. The number of thioether (sulfide) groups is 1. The van der Waals surface area contributed by atoms with Crippen molar-refractivity contribution in [3.8, 4) is 0 Å². The molecular weight excluding hydrogens is 204 g/mol. The maximum absolute atomic E-state index is 3.58. The van der Waals surface area contributed by atoms with Gasteiger partial charge in [-0.1, -0.05) is 6.92 Å². The normalized spacial score (nSPS) is 27.0.